The lowest BCUT2D eigenvalue weighted by atomic mass is 10.0. The first-order valence-electron chi connectivity index (χ1n) is 10.7. The highest BCUT2D eigenvalue weighted by atomic mass is 32.2. The SMILES string of the molecule is CCON=C(C(=O)NC1C(=O)N2C(C(=O)O)=C(C[n+]3cccc4[nH]cnc43)CSC12)c1nsc(N)n1. The number of thioether (sulfide) groups is 1. The Labute approximate surface area is 211 Å². The number of carboxylic acid groups (broad SMARTS) is 1. The monoisotopic (exact) mass is 530 g/mol. The molecule has 36 heavy (non-hydrogen) atoms. The van der Waals surface area contributed by atoms with Gasteiger partial charge < -0.3 is 26.0 Å². The molecule has 0 saturated carbocycles. The van der Waals surface area contributed by atoms with Crippen LogP contribution in [0.15, 0.2) is 41.1 Å². The van der Waals surface area contributed by atoms with Gasteiger partial charge in [-0.15, -0.1) is 11.8 Å². The topological polar surface area (TPSA) is 193 Å². The number of aromatic amines is 1. The van der Waals surface area contributed by atoms with Crippen LogP contribution >= 0.6 is 23.3 Å². The number of nitrogen functional groups attached to an aromatic ring is 1. The first-order valence-corrected chi connectivity index (χ1v) is 12.5. The molecule has 1 saturated heterocycles. The number of nitrogens with two attached hydrogens (primary N) is 1. The summed E-state index contributed by atoms with van der Waals surface area (Å²) in [5.41, 5.74) is 7.33. The number of imidazole rings is 1. The lowest BCUT2D eigenvalue weighted by molar-refractivity contribution is -0.664. The van der Waals surface area contributed by atoms with E-state index in [1.54, 1.807) is 19.4 Å². The molecule has 1 fully saturated rings. The van der Waals surface area contributed by atoms with Gasteiger partial charge >= 0.3 is 11.6 Å². The second-order valence-corrected chi connectivity index (χ2v) is 9.60. The predicted octanol–water partition coefficient (Wildman–Crippen LogP) is -0.536. The highest BCUT2D eigenvalue weighted by molar-refractivity contribution is 8.00. The van der Waals surface area contributed by atoms with E-state index in [4.69, 9.17) is 10.6 Å². The van der Waals surface area contributed by atoms with E-state index in [0.717, 1.165) is 17.0 Å². The molecular weight excluding hydrogens is 510 g/mol. The van der Waals surface area contributed by atoms with Crippen LogP contribution in [-0.4, -0.2) is 76.6 Å². The summed E-state index contributed by atoms with van der Waals surface area (Å²) in [7, 11) is 0. The molecule has 5 rings (SSSR count). The fourth-order valence-electron chi connectivity index (χ4n) is 3.95. The third kappa shape index (κ3) is 4.13. The molecule has 2 aliphatic rings. The molecule has 14 nitrogen and oxygen atoms in total. The van der Waals surface area contributed by atoms with Crippen LogP contribution in [0.25, 0.3) is 11.2 Å². The Balaban J connectivity index is 1.37. The molecule has 0 aromatic carbocycles. The molecule has 2 unspecified atom stereocenters. The summed E-state index contributed by atoms with van der Waals surface area (Å²) in [5.74, 6) is -2.17. The Morgan fingerprint density at radius 2 is 2.31 bits per heavy atom. The van der Waals surface area contributed by atoms with Gasteiger partial charge in [-0.05, 0) is 24.0 Å². The number of carbonyl (C=O) groups excluding carboxylic acids is 2. The summed E-state index contributed by atoms with van der Waals surface area (Å²) >= 11 is 2.25. The van der Waals surface area contributed by atoms with Crippen molar-refractivity contribution in [2.24, 2.45) is 5.16 Å². The number of pyridine rings is 1. The zero-order valence-corrected chi connectivity index (χ0v) is 20.4. The van der Waals surface area contributed by atoms with Crippen LogP contribution in [0.1, 0.15) is 12.7 Å². The van der Waals surface area contributed by atoms with Gasteiger partial charge in [-0.25, -0.2) is 9.36 Å². The fraction of sp³-hybridized carbons (Fsp3) is 0.300. The summed E-state index contributed by atoms with van der Waals surface area (Å²) in [5, 5.41) is 15.9. The van der Waals surface area contributed by atoms with Crippen LogP contribution < -0.4 is 15.6 Å². The maximum atomic E-state index is 13.0. The number of hydrogen-bond donors (Lipinski definition) is 4. The smallest absolute Gasteiger partial charge is 0.352 e. The summed E-state index contributed by atoms with van der Waals surface area (Å²) in [6, 6.07) is 2.73. The fourth-order valence-corrected chi connectivity index (χ4v) is 5.72. The van der Waals surface area contributed by atoms with Crippen molar-refractivity contribution in [1.82, 2.24) is 29.5 Å². The van der Waals surface area contributed by atoms with E-state index in [0.29, 0.717) is 17.0 Å². The second kappa shape index (κ2) is 9.54. The van der Waals surface area contributed by atoms with Crippen molar-refractivity contribution in [3.8, 4) is 0 Å². The Hall–Kier alpha value is -4.05. The van der Waals surface area contributed by atoms with Gasteiger partial charge in [0.15, 0.2) is 5.13 Å². The summed E-state index contributed by atoms with van der Waals surface area (Å²) in [6.07, 6.45) is 3.36. The molecule has 2 aliphatic heterocycles. The third-order valence-corrected chi connectivity index (χ3v) is 7.38. The van der Waals surface area contributed by atoms with Gasteiger partial charge in [0.05, 0.1) is 6.20 Å². The quantitative estimate of drug-likeness (QED) is 0.127. The van der Waals surface area contributed by atoms with Crippen LogP contribution in [0.4, 0.5) is 5.13 Å². The summed E-state index contributed by atoms with van der Waals surface area (Å²) < 4.78 is 5.80. The molecule has 0 bridgehead atoms. The van der Waals surface area contributed by atoms with Crippen LogP contribution in [0.5, 0.6) is 0 Å². The van der Waals surface area contributed by atoms with Crippen molar-refractivity contribution in [3.05, 3.63) is 41.8 Å². The zero-order valence-electron chi connectivity index (χ0n) is 18.7. The Morgan fingerprint density at radius 3 is 3.03 bits per heavy atom. The lowest BCUT2D eigenvalue weighted by Gasteiger charge is -2.49. The molecule has 0 spiro atoms. The van der Waals surface area contributed by atoms with E-state index in [9.17, 15) is 19.5 Å². The van der Waals surface area contributed by atoms with Crippen molar-refractivity contribution < 1.29 is 28.9 Å². The molecule has 5 N–H and O–H groups in total. The predicted molar refractivity (Wildman–Crippen MR) is 128 cm³/mol. The highest BCUT2D eigenvalue weighted by Gasteiger charge is 2.54. The first kappa shape index (κ1) is 23.7. The first-order chi connectivity index (χ1) is 17.4. The van der Waals surface area contributed by atoms with E-state index in [1.165, 1.54) is 16.7 Å². The average Bonchev–Trinajstić information content (AvgIpc) is 3.52. The van der Waals surface area contributed by atoms with Gasteiger partial charge in [-0.1, -0.05) is 5.16 Å². The maximum absolute atomic E-state index is 13.0. The van der Waals surface area contributed by atoms with Crippen molar-refractivity contribution in [1.29, 1.82) is 0 Å². The number of β-lactam (4-membered cyclic amide) rings is 1. The van der Waals surface area contributed by atoms with E-state index in [-0.39, 0.29) is 35.5 Å². The van der Waals surface area contributed by atoms with Crippen LogP contribution in [0.3, 0.4) is 0 Å². The number of nitrogens with one attached hydrogen (secondary N) is 2. The second-order valence-electron chi connectivity index (χ2n) is 7.71. The Morgan fingerprint density at radius 1 is 1.47 bits per heavy atom. The number of fused-ring (bicyclic) bond motifs is 2. The van der Waals surface area contributed by atoms with E-state index >= 15 is 0 Å². The number of oxime groups is 1. The summed E-state index contributed by atoms with van der Waals surface area (Å²) in [6.45, 7) is 2.13. The van der Waals surface area contributed by atoms with Crippen LogP contribution in [0.2, 0.25) is 0 Å². The van der Waals surface area contributed by atoms with E-state index in [1.807, 2.05) is 16.7 Å². The normalized spacial score (nSPS) is 19.8. The van der Waals surface area contributed by atoms with Crippen LogP contribution in [-0.2, 0) is 25.8 Å². The van der Waals surface area contributed by atoms with Crippen molar-refractivity contribution in [2.75, 3.05) is 18.1 Å². The van der Waals surface area contributed by atoms with Gasteiger partial charge in [-0.3, -0.25) is 14.5 Å². The van der Waals surface area contributed by atoms with Crippen molar-refractivity contribution in [3.63, 3.8) is 0 Å². The van der Waals surface area contributed by atoms with Gasteiger partial charge in [-0.2, -0.15) is 9.36 Å². The molecule has 0 radical (unpaired) electrons. The number of carboxylic acids is 1. The number of H-pyrrole nitrogens is 1. The van der Waals surface area contributed by atoms with E-state index < -0.39 is 29.2 Å². The van der Waals surface area contributed by atoms with E-state index in [2.05, 4.69) is 29.8 Å². The largest absolute Gasteiger partial charge is 0.477 e. The lowest BCUT2D eigenvalue weighted by Crippen LogP contribution is -2.71. The Kier molecular flexibility index (Phi) is 6.27. The van der Waals surface area contributed by atoms with Gasteiger partial charge in [0.1, 0.15) is 35.8 Å². The minimum Gasteiger partial charge on any atom is -0.477 e. The molecule has 2 amide bonds. The molecule has 2 atom stereocenters. The van der Waals surface area contributed by atoms with Gasteiger partial charge in [0.2, 0.25) is 17.9 Å². The number of aromatic nitrogens is 5. The Bertz CT molecular complexity index is 1430. The molecule has 16 heteroatoms. The molecule has 3 aromatic rings. The number of amides is 2. The molecular formula is C20H20N9O5S2+. The number of nitrogens with zero attached hydrogens (tertiary/aromatic N) is 6. The third-order valence-electron chi connectivity index (χ3n) is 5.50. The molecule has 0 aliphatic carbocycles. The minimum atomic E-state index is -1.22. The van der Waals surface area contributed by atoms with Crippen LogP contribution in [0, 0.1) is 0 Å². The minimum absolute atomic E-state index is 0.0265. The van der Waals surface area contributed by atoms with Gasteiger partial charge in [0.25, 0.3) is 11.8 Å². The van der Waals surface area contributed by atoms with Gasteiger partial charge in [0, 0.05) is 22.9 Å². The summed E-state index contributed by atoms with van der Waals surface area (Å²) in [4.78, 5) is 55.7. The standard InChI is InChI=1S/C20H19N9O5S2/c1-2-34-26-11(14-25-20(21)36-27-14)16(30)24-12-17(31)29-13(19(32)33)9(7-35-18(12)29)6-28-5-3-4-10-15(28)23-8-22-10/h3-5,8,12,18H,2,6-7H2,1H3,(H4,21,24,25,27,30,32,33)/p+1. The highest BCUT2D eigenvalue weighted by Crippen LogP contribution is 2.40. The van der Waals surface area contributed by atoms with Crippen molar-refractivity contribution in [2.45, 2.75) is 24.9 Å². The average molecular weight is 531 g/mol. The molecule has 5 heterocycles. The number of carbonyl (C=O) groups is 3. The molecule has 3 aromatic heterocycles. The van der Waals surface area contributed by atoms with Crippen molar-refractivity contribution >= 4 is 63.1 Å². The number of rotatable bonds is 8. The molecule has 186 valence electrons. The number of anilines is 1. The maximum Gasteiger partial charge on any atom is 0.352 e. The zero-order chi connectivity index (χ0) is 25.4. The number of hydrogen-bond acceptors (Lipinski definition) is 11. The number of aliphatic carboxylic acids is 1.